The number of carbonyl (C=O) groups is 1. The molecule has 5 nitrogen and oxygen atoms in total. The topological polar surface area (TPSA) is 73.6 Å². The summed E-state index contributed by atoms with van der Waals surface area (Å²) in [6, 6.07) is 6.17. The molecule has 94 valence electrons. The van der Waals surface area contributed by atoms with Gasteiger partial charge in [-0.2, -0.15) is 5.26 Å². The van der Waals surface area contributed by atoms with Gasteiger partial charge in [0.05, 0.1) is 29.8 Å². The van der Waals surface area contributed by atoms with E-state index in [-0.39, 0.29) is 28.8 Å². The van der Waals surface area contributed by atoms with Crippen molar-refractivity contribution in [3.8, 4) is 11.8 Å². The molecule has 1 saturated heterocycles. The summed E-state index contributed by atoms with van der Waals surface area (Å²) in [5.74, 6) is -0.327. The predicted molar refractivity (Wildman–Crippen MR) is 64.4 cm³/mol. The SMILES string of the molecule is N#CC1CN(C(=O)c2cc(O)ccc2Cl)CCO1. The van der Waals surface area contributed by atoms with Crippen LogP contribution in [-0.4, -0.2) is 41.7 Å². The number of hydrogen-bond donors (Lipinski definition) is 1. The van der Waals surface area contributed by atoms with Crippen molar-refractivity contribution in [3.63, 3.8) is 0 Å². The fraction of sp³-hybridized carbons (Fsp3) is 0.333. The zero-order valence-corrected chi connectivity index (χ0v) is 10.2. The average Bonchev–Trinajstić information content (AvgIpc) is 2.41. The third-order valence-electron chi connectivity index (χ3n) is 2.68. The Bertz CT molecular complexity index is 513. The van der Waals surface area contributed by atoms with E-state index in [1.807, 2.05) is 6.07 Å². The number of aromatic hydroxyl groups is 1. The summed E-state index contributed by atoms with van der Waals surface area (Å²) in [4.78, 5) is 13.7. The highest BCUT2D eigenvalue weighted by molar-refractivity contribution is 6.33. The van der Waals surface area contributed by atoms with Gasteiger partial charge >= 0.3 is 0 Å². The quantitative estimate of drug-likeness (QED) is 0.834. The first-order chi connectivity index (χ1) is 8.61. The molecule has 1 N–H and O–H groups in total. The van der Waals surface area contributed by atoms with E-state index in [2.05, 4.69) is 0 Å². The van der Waals surface area contributed by atoms with Gasteiger partial charge in [0.1, 0.15) is 5.75 Å². The molecular weight excluding hydrogens is 256 g/mol. The lowest BCUT2D eigenvalue weighted by Crippen LogP contribution is -2.45. The number of halogens is 1. The molecule has 1 heterocycles. The van der Waals surface area contributed by atoms with Gasteiger partial charge in [0.15, 0.2) is 6.10 Å². The number of carbonyl (C=O) groups excluding carboxylic acids is 1. The van der Waals surface area contributed by atoms with Crippen molar-refractivity contribution in [1.82, 2.24) is 4.90 Å². The van der Waals surface area contributed by atoms with Crippen LogP contribution in [0.2, 0.25) is 5.02 Å². The molecule has 2 rings (SSSR count). The Morgan fingerprint density at radius 3 is 3.11 bits per heavy atom. The fourth-order valence-electron chi connectivity index (χ4n) is 1.76. The minimum atomic E-state index is -0.612. The second-order valence-electron chi connectivity index (χ2n) is 3.90. The number of amides is 1. The Kier molecular flexibility index (Phi) is 3.70. The van der Waals surface area contributed by atoms with E-state index in [0.29, 0.717) is 13.2 Å². The number of hydrogen-bond acceptors (Lipinski definition) is 4. The number of rotatable bonds is 1. The van der Waals surface area contributed by atoms with Crippen LogP contribution >= 0.6 is 11.6 Å². The van der Waals surface area contributed by atoms with Gasteiger partial charge in [-0.25, -0.2) is 0 Å². The van der Waals surface area contributed by atoms with Crippen LogP contribution in [0.1, 0.15) is 10.4 Å². The monoisotopic (exact) mass is 266 g/mol. The first-order valence-corrected chi connectivity index (χ1v) is 5.78. The molecule has 0 radical (unpaired) electrons. The lowest BCUT2D eigenvalue weighted by molar-refractivity contribution is 0.00346. The molecule has 1 fully saturated rings. The number of nitriles is 1. The standard InChI is InChI=1S/C12H11ClN2O3/c13-11-2-1-8(16)5-10(11)12(17)15-3-4-18-9(6-14)7-15/h1-2,5,9,16H,3-4,7H2. The normalized spacial score (nSPS) is 19.3. The van der Waals surface area contributed by atoms with E-state index in [0.717, 1.165) is 0 Å². The Morgan fingerprint density at radius 2 is 2.39 bits per heavy atom. The first-order valence-electron chi connectivity index (χ1n) is 5.41. The summed E-state index contributed by atoms with van der Waals surface area (Å²) in [7, 11) is 0. The highest BCUT2D eigenvalue weighted by Crippen LogP contribution is 2.23. The van der Waals surface area contributed by atoms with Crippen LogP contribution in [0.3, 0.4) is 0 Å². The molecule has 1 aromatic carbocycles. The molecule has 1 amide bonds. The van der Waals surface area contributed by atoms with Gasteiger partial charge in [0, 0.05) is 6.54 Å². The number of morpholine rings is 1. The van der Waals surface area contributed by atoms with Gasteiger partial charge in [-0.3, -0.25) is 4.79 Å². The third kappa shape index (κ3) is 2.55. The Labute approximate surface area is 109 Å². The molecule has 1 aliphatic heterocycles. The molecule has 0 aliphatic carbocycles. The van der Waals surface area contributed by atoms with E-state index in [9.17, 15) is 9.90 Å². The van der Waals surface area contributed by atoms with E-state index in [4.69, 9.17) is 21.6 Å². The minimum absolute atomic E-state index is 0.0205. The van der Waals surface area contributed by atoms with E-state index in [1.165, 1.54) is 23.1 Å². The summed E-state index contributed by atoms with van der Waals surface area (Å²) in [6.07, 6.45) is -0.612. The molecule has 1 atom stereocenters. The summed E-state index contributed by atoms with van der Waals surface area (Å²) in [5, 5.41) is 18.4. The zero-order chi connectivity index (χ0) is 13.1. The molecule has 1 aliphatic rings. The van der Waals surface area contributed by atoms with Crippen LogP contribution < -0.4 is 0 Å². The van der Waals surface area contributed by atoms with E-state index < -0.39 is 6.10 Å². The van der Waals surface area contributed by atoms with Crippen molar-refractivity contribution in [2.24, 2.45) is 0 Å². The van der Waals surface area contributed by atoms with E-state index >= 15 is 0 Å². The smallest absolute Gasteiger partial charge is 0.255 e. The lowest BCUT2D eigenvalue weighted by atomic mass is 10.1. The highest BCUT2D eigenvalue weighted by atomic mass is 35.5. The first kappa shape index (κ1) is 12.7. The van der Waals surface area contributed by atoms with Crippen molar-refractivity contribution < 1.29 is 14.6 Å². The Hall–Kier alpha value is -1.77. The van der Waals surface area contributed by atoms with Crippen molar-refractivity contribution in [2.75, 3.05) is 19.7 Å². The maximum atomic E-state index is 12.2. The Balaban J connectivity index is 2.21. The van der Waals surface area contributed by atoms with E-state index in [1.54, 1.807) is 0 Å². The summed E-state index contributed by atoms with van der Waals surface area (Å²) in [5.41, 5.74) is 0.232. The van der Waals surface area contributed by atoms with Crippen LogP contribution in [0.15, 0.2) is 18.2 Å². The van der Waals surface area contributed by atoms with Gasteiger partial charge in [-0.1, -0.05) is 11.6 Å². The Morgan fingerprint density at radius 1 is 1.61 bits per heavy atom. The zero-order valence-electron chi connectivity index (χ0n) is 9.47. The third-order valence-corrected chi connectivity index (χ3v) is 3.01. The minimum Gasteiger partial charge on any atom is -0.508 e. The molecule has 0 spiro atoms. The van der Waals surface area contributed by atoms with Gasteiger partial charge in [-0.05, 0) is 18.2 Å². The van der Waals surface area contributed by atoms with Crippen molar-refractivity contribution >= 4 is 17.5 Å². The number of phenolic OH excluding ortho intramolecular Hbond substituents is 1. The molecule has 6 heteroatoms. The van der Waals surface area contributed by atoms with Gasteiger partial charge in [0.25, 0.3) is 5.91 Å². The molecule has 1 aromatic rings. The maximum absolute atomic E-state index is 12.2. The average molecular weight is 267 g/mol. The number of ether oxygens (including phenoxy) is 1. The molecule has 18 heavy (non-hydrogen) atoms. The summed E-state index contributed by atoms with van der Waals surface area (Å²) >= 11 is 5.93. The summed E-state index contributed by atoms with van der Waals surface area (Å²) < 4.78 is 5.16. The predicted octanol–water partition coefficient (Wildman–Crippen LogP) is 1.41. The molecule has 0 saturated carbocycles. The number of nitrogens with zero attached hydrogens (tertiary/aromatic N) is 2. The number of benzene rings is 1. The highest BCUT2D eigenvalue weighted by Gasteiger charge is 2.26. The van der Waals surface area contributed by atoms with Crippen molar-refractivity contribution in [3.05, 3.63) is 28.8 Å². The van der Waals surface area contributed by atoms with Crippen molar-refractivity contribution in [2.45, 2.75) is 6.10 Å². The van der Waals surface area contributed by atoms with Gasteiger partial charge < -0.3 is 14.7 Å². The summed E-state index contributed by atoms with van der Waals surface area (Å²) in [6.45, 7) is 0.935. The number of phenols is 1. The maximum Gasteiger partial charge on any atom is 0.255 e. The van der Waals surface area contributed by atoms with Crippen LogP contribution in [-0.2, 0) is 4.74 Å². The van der Waals surface area contributed by atoms with Crippen LogP contribution in [0.25, 0.3) is 0 Å². The van der Waals surface area contributed by atoms with Crippen LogP contribution in [0.5, 0.6) is 5.75 Å². The fourth-order valence-corrected chi connectivity index (χ4v) is 1.96. The van der Waals surface area contributed by atoms with Gasteiger partial charge in [-0.15, -0.1) is 0 Å². The molecule has 0 aromatic heterocycles. The van der Waals surface area contributed by atoms with Crippen molar-refractivity contribution in [1.29, 1.82) is 5.26 Å². The lowest BCUT2D eigenvalue weighted by Gasteiger charge is -2.30. The second kappa shape index (κ2) is 5.25. The molecular formula is C12H11ClN2O3. The van der Waals surface area contributed by atoms with Crippen LogP contribution in [0, 0.1) is 11.3 Å². The largest absolute Gasteiger partial charge is 0.508 e. The molecule has 1 unspecified atom stereocenters. The van der Waals surface area contributed by atoms with Gasteiger partial charge in [0.2, 0.25) is 0 Å². The molecule has 0 bridgehead atoms. The van der Waals surface area contributed by atoms with Crippen LogP contribution in [0.4, 0.5) is 0 Å². The second-order valence-corrected chi connectivity index (χ2v) is 4.31.